The van der Waals surface area contributed by atoms with Crippen LogP contribution in [-0.4, -0.2) is 37.5 Å². The molecule has 0 aliphatic rings. The number of esters is 1. The van der Waals surface area contributed by atoms with Crippen molar-refractivity contribution in [3.63, 3.8) is 0 Å². The van der Waals surface area contributed by atoms with E-state index in [1.807, 2.05) is 6.07 Å². The van der Waals surface area contributed by atoms with Crippen LogP contribution in [0.5, 0.6) is 5.75 Å². The van der Waals surface area contributed by atoms with Gasteiger partial charge in [-0.25, -0.2) is 0 Å². The molecule has 138 valence electrons. The van der Waals surface area contributed by atoms with Gasteiger partial charge in [0.15, 0.2) is 13.2 Å². The molecule has 26 heavy (non-hydrogen) atoms. The van der Waals surface area contributed by atoms with Crippen molar-refractivity contribution in [2.45, 2.75) is 13.0 Å². The Morgan fingerprint density at radius 1 is 1.04 bits per heavy atom. The fraction of sp³-hybridized carbons (Fsp3) is 0.278. The molecule has 0 saturated carbocycles. The molecule has 1 heterocycles. The minimum Gasteiger partial charge on any atom is -0.484 e. The highest BCUT2D eigenvalue weighted by atomic mass is 16.5. The third-order valence-corrected chi connectivity index (χ3v) is 3.25. The molecule has 2 aromatic rings. The van der Waals surface area contributed by atoms with Crippen molar-refractivity contribution in [2.24, 2.45) is 0 Å². The summed E-state index contributed by atoms with van der Waals surface area (Å²) in [4.78, 5) is 34.9. The van der Waals surface area contributed by atoms with Gasteiger partial charge in [0.05, 0.1) is 12.3 Å². The van der Waals surface area contributed by atoms with E-state index in [4.69, 9.17) is 13.9 Å². The molecule has 1 aromatic heterocycles. The second-order valence-electron chi connectivity index (χ2n) is 5.34. The number of benzene rings is 1. The number of carbonyl (C=O) groups is 3. The minimum absolute atomic E-state index is 0.224. The summed E-state index contributed by atoms with van der Waals surface area (Å²) in [5.41, 5.74) is 0. The van der Waals surface area contributed by atoms with Gasteiger partial charge in [-0.3, -0.25) is 14.4 Å². The van der Waals surface area contributed by atoms with E-state index in [1.165, 1.54) is 6.26 Å². The minimum atomic E-state index is -0.723. The lowest BCUT2D eigenvalue weighted by atomic mass is 10.2. The Balaban J connectivity index is 1.59. The first-order valence-electron chi connectivity index (χ1n) is 7.97. The molecule has 0 spiro atoms. The third-order valence-electron chi connectivity index (χ3n) is 3.25. The van der Waals surface area contributed by atoms with E-state index < -0.39 is 24.4 Å². The Bertz CT molecular complexity index is 715. The van der Waals surface area contributed by atoms with Crippen molar-refractivity contribution in [3.05, 3.63) is 54.5 Å². The van der Waals surface area contributed by atoms with Crippen molar-refractivity contribution in [2.75, 3.05) is 19.8 Å². The lowest BCUT2D eigenvalue weighted by molar-refractivity contribution is -0.148. The molecule has 1 aromatic carbocycles. The van der Waals surface area contributed by atoms with Crippen molar-refractivity contribution >= 4 is 17.8 Å². The highest BCUT2D eigenvalue weighted by Gasteiger charge is 2.14. The molecule has 2 amide bonds. The van der Waals surface area contributed by atoms with Gasteiger partial charge >= 0.3 is 5.97 Å². The predicted molar refractivity (Wildman–Crippen MR) is 91.2 cm³/mol. The number of ether oxygens (including phenoxy) is 2. The predicted octanol–water partition coefficient (Wildman–Crippen LogP) is 1.20. The van der Waals surface area contributed by atoms with Crippen LogP contribution < -0.4 is 15.4 Å². The highest BCUT2D eigenvalue weighted by Crippen LogP contribution is 2.11. The van der Waals surface area contributed by atoms with Crippen molar-refractivity contribution in [3.8, 4) is 5.75 Å². The van der Waals surface area contributed by atoms with Gasteiger partial charge in [-0.2, -0.15) is 0 Å². The topological polar surface area (TPSA) is 107 Å². The van der Waals surface area contributed by atoms with Crippen LogP contribution in [0.2, 0.25) is 0 Å². The number of amides is 2. The molecular formula is C18H20N2O6. The molecule has 0 aliphatic carbocycles. The summed E-state index contributed by atoms with van der Waals surface area (Å²) < 4.78 is 15.2. The largest absolute Gasteiger partial charge is 0.484 e. The quantitative estimate of drug-likeness (QED) is 0.651. The van der Waals surface area contributed by atoms with E-state index in [0.717, 1.165) is 0 Å². The molecule has 0 bridgehead atoms. The number of nitrogens with one attached hydrogen (secondary N) is 2. The van der Waals surface area contributed by atoms with Gasteiger partial charge in [-0.1, -0.05) is 18.2 Å². The van der Waals surface area contributed by atoms with Gasteiger partial charge in [-0.05, 0) is 31.2 Å². The van der Waals surface area contributed by atoms with E-state index in [0.29, 0.717) is 11.5 Å². The molecular weight excluding hydrogens is 340 g/mol. The normalized spacial score (nSPS) is 11.3. The van der Waals surface area contributed by atoms with Gasteiger partial charge in [0.1, 0.15) is 18.1 Å². The van der Waals surface area contributed by atoms with Crippen LogP contribution in [0.3, 0.4) is 0 Å². The number of rotatable bonds is 9. The molecule has 8 nitrogen and oxygen atoms in total. The first kappa shape index (κ1) is 19.0. The highest BCUT2D eigenvalue weighted by molar-refractivity contribution is 5.84. The first-order valence-corrected chi connectivity index (χ1v) is 7.97. The standard InChI is InChI=1S/C18H20N2O6/c1-13(15-8-5-9-24-15)20-17(22)12-26-18(23)10-19-16(21)11-25-14-6-3-2-4-7-14/h2-9,13H,10-12H2,1H3,(H,19,21)(H,20,22)/t13-/m0/s1. The average molecular weight is 360 g/mol. The molecule has 2 rings (SSSR count). The van der Waals surface area contributed by atoms with E-state index >= 15 is 0 Å². The zero-order valence-corrected chi connectivity index (χ0v) is 14.3. The smallest absolute Gasteiger partial charge is 0.325 e. The number of hydrogen-bond donors (Lipinski definition) is 2. The van der Waals surface area contributed by atoms with Crippen LogP contribution in [0.25, 0.3) is 0 Å². The fourth-order valence-corrected chi connectivity index (χ4v) is 1.98. The van der Waals surface area contributed by atoms with Crippen molar-refractivity contribution in [1.82, 2.24) is 10.6 Å². The summed E-state index contributed by atoms with van der Waals surface area (Å²) in [6, 6.07) is 11.9. The van der Waals surface area contributed by atoms with Gasteiger partial charge in [-0.15, -0.1) is 0 Å². The molecule has 0 fully saturated rings. The molecule has 1 atom stereocenters. The van der Waals surface area contributed by atoms with Gasteiger partial charge < -0.3 is 24.5 Å². The third kappa shape index (κ3) is 6.68. The fourth-order valence-electron chi connectivity index (χ4n) is 1.98. The lowest BCUT2D eigenvalue weighted by Gasteiger charge is -2.12. The van der Waals surface area contributed by atoms with Gasteiger partial charge in [0, 0.05) is 0 Å². The summed E-state index contributed by atoms with van der Waals surface area (Å²) in [7, 11) is 0. The molecule has 2 N–H and O–H groups in total. The van der Waals surface area contributed by atoms with E-state index in [9.17, 15) is 14.4 Å². The summed E-state index contributed by atoms with van der Waals surface area (Å²) in [6.07, 6.45) is 1.50. The average Bonchev–Trinajstić information content (AvgIpc) is 3.18. The Morgan fingerprint density at radius 2 is 1.81 bits per heavy atom. The zero-order chi connectivity index (χ0) is 18.8. The van der Waals surface area contributed by atoms with Crippen LogP contribution in [0.4, 0.5) is 0 Å². The number of hydrogen-bond acceptors (Lipinski definition) is 6. The molecule has 0 saturated heterocycles. The van der Waals surface area contributed by atoms with Gasteiger partial charge in [0.25, 0.3) is 11.8 Å². The van der Waals surface area contributed by atoms with Crippen molar-refractivity contribution < 1.29 is 28.3 Å². The first-order chi connectivity index (χ1) is 12.5. The van der Waals surface area contributed by atoms with Crippen LogP contribution in [0, 0.1) is 0 Å². The monoisotopic (exact) mass is 360 g/mol. The molecule has 8 heteroatoms. The van der Waals surface area contributed by atoms with Crippen LogP contribution >= 0.6 is 0 Å². The second kappa shape index (κ2) is 9.87. The lowest BCUT2D eigenvalue weighted by Crippen LogP contribution is -2.36. The summed E-state index contributed by atoms with van der Waals surface area (Å²) in [5, 5.41) is 4.98. The second-order valence-corrected chi connectivity index (χ2v) is 5.34. The number of para-hydroxylation sites is 1. The molecule has 0 unspecified atom stereocenters. The maximum absolute atomic E-state index is 11.7. The summed E-state index contributed by atoms with van der Waals surface area (Å²) in [5.74, 6) is -0.524. The van der Waals surface area contributed by atoms with E-state index in [2.05, 4.69) is 10.6 Å². The Morgan fingerprint density at radius 3 is 2.50 bits per heavy atom. The molecule has 0 radical (unpaired) electrons. The Labute approximate surface area is 150 Å². The Kier molecular flexibility index (Phi) is 7.23. The maximum atomic E-state index is 11.7. The zero-order valence-electron chi connectivity index (χ0n) is 14.3. The van der Waals surface area contributed by atoms with Gasteiger partial charge in [0.2, 0.25) is 0 Å². The molecule has 0 aliphatic heterocycles. The number of carbonyl (C=O) groups excluding carboxylic acids is 3. The SMILES string of the molecule is C[C@H](NC(=O)COC(=O)CNC(=O)COc1ccccc1)c1ccco1. The maximum Gasteiger partial charge on any atom is 0.325 e. The Hall–Kier alpha value is -3.29. The number of furan rings is 1. The van der Waals surface area contributed by atoms with Crippen LogP contribution in [0.1, 0.15) is 18.7 Å². The van der Waals surface area contributed by atoms with Crippen LogP contribution in [-0.2, 0) is 19.1 Å². The van der Waals surface area contributed by atoms with E-state index in [1.54, 1.807) is 43.3 Å². The van der Waals surface area contributed by atoms with Crippen molar-refractivity contribution in [1.29, 1.82) is 0 Å². The van der Waals surface area contributed by atoms with E-state index in [-0.39, 0.29) is 19.2 Å². The summed E-state index contributed by atoms with van der Waals surface area (Å²) in [6.45, 7) is 0.724. The van der Waals surface area contributed by atoms with Crippen LogP contribution in [0.15, 0.2) is 53.1 Å². The summed E-state index contributed by atoms with van der Waals surface area (Å²) >= 11 is 0.